The molecule has 0 radical (unpaired) electrons. The highest BCUT2D eigenvalue weighted by Crippen LogP contribution is 2.10. The molecule has 0 saturated carbocycles. The third-order valence-electron chi connectivity index (χ3n) is 2.87. The maximum absolute atomic E-state index is 5.33. The van der Waals surface area contributed by atoms with Crippen LogP contribution in [0.4, 0.5) is 0 Å². The fraction of sp³-hybridized carbons (Fsp3) is 0.727. The van der Waals surface area contributed by atoms with E-state index in [-0.39, 0.29) is 0 Å². The predicted octanol–water partition coefficient (Wildman–Crippen LogP) is 1.03. The molecule has 2 rings (SSSR count). The van der Waals surface area contributed by atoms with Crippen LogP contribution in [0.2, 0.25) is 0 Å². The first-order chi connectivity index (χ1) is 7.40. The third kappa shape index (κ3) is 2.79. The normalized spacial score (nSPS) is 21.0. The van der Waals surface area contributed by atoms with Crippen LogP contribution in [0.1, 0.15) is 19.0 Å². The van der Waals surface area contributed by atoms with Gasteiger partial charge in [-0.25, -0.2) is 0 Å². The van der Waals surface area contributed by atoms with Gasteiger partial charge in [-0.3, -0.25) is 4.68 Å². The van der Waals surface area contributed by atoms with Crippen molar-refractivity contribution in [3.05, 3.63) is 18.0 Å². The number of rotatable bonds is 5. The zero-order chi connectivity index (χ0) is 10.5. The summed E-state index contributed by atoms with van der Waals surface area (Å²) < 4.78 is 7.36. The van der Waals surface area contributed by atoms with Gasteiger partial charge in [0, 0.05) is 32.4 Å². The smallest absolute Gasteiger partial charge is 0.0521 e. The Hall–Kier alpha value is -0.870. The van der Waals surface area contributed by atoms with Gasteiger partial charge in [0.25, 0.3) is 0 Å². The number of hydrogen-bond acceptors (Lipinski definition) is 3. The van der Waals surface area contributed by atoms with E-state index < -0.39 is 0 Å². The highest BCUT2D eigenvalue weighted by Gasteiger charge is 2.14. The minimum atomic E-state index is 0.697. The van der Waals surface area contributed by atoms with Crippen LogP contribution in [0.25, 0.3) is 0 Å². The number of ether oxygens (including phenoxy) is 1. The van der Waals surface area contributed by atoms with E-state index >= 15 is 0 Å². The Labute approximate surface area is 90.6 Å². The topological polar surface area (TPSA) is 39.1 Å². The zero-order valence-corrected chi connectivity index (χ0v) is 9.28. The summed E-state index contributed by atoms with van der Waals surface area (Å²) in [7, 11) is 0. The van der Waals surface area contributed by atoms with Gasteiger partial charge in [0.2, 0.25) is 0 Å². The Morgan fingerprint density at radius 3 is 3.33 bits per heavy atom. The lowest BCUT2D eigenvalue weighted by atomic mass is 10.1. The lowest BCUT2D eigenvalue weighted by Gasteiger charge is -2.10. The van der Waals surface area contributed by atoms with Gasteiger partial charge >= 0.3 is 0 Å². The molecule has 4 heteroatoms. The monoisotopic (exact) mass is 209 g/mol. The number of aromatic nitrogens is 2. The number of aryl methyl sites for hydroxylation is 1. The van der Waals surface area contributed by atoms with Gasteiger partial charge in [0.05, 0.1) is 12.3 Å². The molecule has 1 aromatic rings. The summed E-state index contributed by atoms with van der Waals surface area (Å²) in [4.78, 5) is 0. The van der Waals surface area contributed by atoms with E-state index in [1.165, 1.54) is 12.1 Å². The summed E-state index contributed by atoms with van der Waals surface area (Å²) in [6.07, 6.45) is 3.05. The quantitative estimate of drug-likeness (QED) is 0.787. The van der Waals surface area contributed by atoms with Crippen molar-refractivity contribution in [1.82, 2.24) is 15.1 Å². The Bertz CT molecular complexity index is 292. The van der Waals surface area contributed by atoms with E-state index in [2.05, 4.69) is 23.4 Å². The fourth-order valence-electron chi connectivity index (χ4n) is 1.94. The Morgan fingerprint density at radius 1 is 1.67 bits per heavy atom. The Balaban J connectivity index is 1.73. The summed E-state index contributed by atoms with van der Waals surface area (Å²) in [5.41, 5.74) is 1.26. The van der Waals surface area contributed by atoms with Crippen LogP contribution < -0.4 is 5.32 Å². The van der Waals surface area contributed by atoms with Gasteiger partial charge < -0.3 is 10.1 Å². The number of nitrogens with one attached hydrogen (secondary N) is 1. The molecule has 0 aliphatic carbocycles. The molecule has 1 unspecified atom stereocenters. The molecule has 0 aromatic carbocycles. The van der Waals surface area contributed by atoms with E-state index in [9.17, 15) is 0 Å². The second-order valence-corrected chi connectivity index (χ2v) is 4.00. The SMILES string of the molecule is CCn1nccc1CNCC1CCOC1. The molecule has 1 atom stereocenters. The van der Waals surface area contributed by atoms with Crippen molar-refractivity contribution >= 4 is 0 Å². The van der Waals surface area contributed by atoms with E-state index in [1.54, 1.807) is 0 Å². The van der Waals surface area contributed by atoms with Gasteiger partial charge in [-0.1, -0.05) is 0 Å². The van der Waals surface area contributed by atoms with Gasteiger partial charge in [-0.15, -0.1) is 0 Å². The standard InChI is InChI=1S/C11H19N3O/c1-2-14-11(3-5-13-14)8-12-7-10-4-6-15-9-10/h3,5,10,12H,2,4,6-9H2,1H3. The molecule has 1 saturated heterocycles. The summed E-state index contributed by atoms with van der Waals surface area (Å²) in [6, 6.07) is 2.07. The third-order valence-corrected chi connectivity index (χ3v) is 2.87. The van der Waals surface area contributed by atoms with E-state index in [4.69, 9.17) is 4.74 Å². The van der Waals surface area contributed by atoms with Crippen LogP contribution in [-0.2, 0) is 17.8 Å². The minimum absolute atomic E-state index is 0.697. The lowest BCUT2D eigenvalue weighted by Crippen LogP contribution is -2.24. The number of hydrogen-bond donors (Lipinski definition) is 1. The first kappa shape index (κ1) is 10.6. The molecule has 0 spiro atoms. The molecule has 15 heavy (non-hydrogen) atoms. The maximum atomic E-state index is 5.33. The molecule has 2 heterocycles. The van der Waals surface area contributed by atoms with Gasteiger partial charge in [-0.05, 0) is 25.3 Å². The minimum Gasteiger partial charge on any atom is -0.381 e. The summed E-state index contributed by atoms with van der Waals surface area (Å²) in [5.74, 6) is 0.697. The van der Waals surface area contributed by atoms with Crippen LogP contribution >= 0.6 is 0 Å². The van der Waals surface area contributed by atoms with Crippen molar-refractivity contribution in [1.29, 1.82) is 0 Å². The molecular weight excluding hydrogens is 190 g/mol. The molecule has 0 bridgehead atoms. The largest absolute Gasteiger partial charge is 0.381 e. The van der Waals surface area contributed by atoms with Gasteiger partial charge in [0.1, 0.15) is 0 Å². The average molecular weight is 209 g/mol. The second-order valence-electron chi connectivity index (χ2n) is 4.00. The van der Waals surface area contributed by atoms with Crippen molar-refractivity contribution in [3.63, 3.8) is 0 Å². The molecule has 1 aliphatic heterocycles. The lowest BCUT2D eigenvalue weighted by molar-refractivity contribution is 0.185. The Kier molecular flexibility index (Phi) is 3.75. The van der Waals surface area contributed by atoms with Crippen molar-refractivity contribution in [2.75, 3.05) is 19.8 Å². The van der Waals surface area contributed by atoms with Crippen molar-refractivity contribution in [2.45, 2.75) is 26.4 Å². The van der Waals surface area contributed by atoms with E-state index in [0.717, 1.165) is 32.8 Å². The average Bonchev–Trinajstić information content (AvgIpc) is 2.88. The molecule has 1 fully saturated rings. The van der Waals surface area contributed by atoms with E-state index in [0.29, 0.717) is 5.92 Å². The maximum Gasteiger partial charge on any atom is 0.0521 e. The van der Waals surface area contributed by atoms with Crippen LogP contribution in [0.15, 0.2) is 12.3 Å². The molecule has 1 aliphatic rings. The summed E-state index contributed by atoms with van der Waals surface area (Å²) in [6.45, 7) is 6.86. The second kappa shape index (κ2) is 5.28. The van der Waals surface area contributed by atoms with Crippen molar-refractivity contribution in [2.24, 2.45) is 5.92 Å². The zero-order valence-electron chi connectivity index (χ0n) is 9.28. The fourth-order valence-corrected chi connectivity index (χ4v) is 1.94. The first-order valence-electron chi connectivity index (χ1n) is 5.69. The van der Waals surface area contributed by atoms with Crippen LogP contribution in [0.3, 0.4) is 0 Å². The number of nitrogens with zero attached hydrogens (tertiary/aromatic N) is 2. The predicted molar refractivity (Wildman–Crippen MR) is 58.5 cm³/mol. The van der Waals surface area contributed by atoms with E-state index in [1.807, 2.05) is 10.9 Å². The summed E-state index contributed by atoms with van der Waals surface area (Å²) in [5, 5.41) is 7.70. The summed E-state index contributed by atoms with van der Waals surface area (Å²) >= 11 is 0. The highest BCUT2D eigenvalue weighted by molar-refractivity contribution is 4.99. The Morgan fingerprint density at radius 2 is 2.60 bits per heavy atom. The van der Waals surface area contributed by atoms with Crippen LogP contribution in [0, 0.1) is 5.92 Å². The first-order valence-corrected chi connectivity index (χ1v) is 5.69. The highest BCUT2D eigenvalue weighted by atomic mass is 16.5. The molecule has 4 nitrogen and oxygen atoms in total. The van der Waals surface area contributed by atoms with Crippen LogP contribution in [-0.4, -0.2) is 29.5 Å². The van der Waals surface area contributed by atoms with Gasteiger partial charge in [0.15, 0.2) is 0 Å². The molecule has 0 amide bonds. The van der Waals surface area contributed by atoms with Crippen molar-refractivity contribution < 1.29 is 4.74 Å². The van der Waals surface area contributed by atoms with Gasteiger partial charge in [-0.2, -0.15) is 5.10 Å². The molecule has 1 N–H and O–H groups in total. The molecule has 84 valence electrons. The van der Waals surface area contributed by atoms with Crippen LogP contribution in [0.5, 0.6) is 0 Å². The molecular formula is C11H19N3O. The molecule has 1 aromatic heterocycles. The van der Waals surface area contributed by atoms with Crippen molar-refractivity contribution in [3.8, 4) is 0 Å².